The van der Waals surface area contributed by atoms with Crippen molar-refractivity contribution in [3.05, 3.63) is 173 Å². The molecule has 5 aromatic rings. The van der Waals surface area contributed by atoms with E-state index in [0.29, 0.717) is 29.0 Å². The molecule has 0 fully saturated rings. The molecule has 0 saturated carbocycles. The molecule has 3 aliphatic carbocycles. The first kappa shape index (κ1) is 30.4. The Bertz CT molecular complexity index is 2620. The quantitative estimate of drug-likeness (QED) is 0.193. The smallest absolute Gasteiger partial charge is 0.0994 e. The van der Waals surface area contributed by atoms with Gasteiger partial charge in [-0.25, -0.2) is 0 Å². The zero-order valence-electron chi connectivity index (χ0n) is 28.2. The number of hydrogen-bond donors (Lipinski definition) is 0. The van der Waals surface area contributed by atoms with Crippen LogP contribution < -0.4 is 0 Å². The van der Waals surface area contributed by atoms with E-state index in [1.54, 1.807) is 0 Å². The van der Waals surface area contributed by atoms with Gasteiger partial charge >= 0.3 is 0 Å². The number of fused-ring (bicyclic) bond motifs is 5. The fraction of sp³-hybridized carbons (Fsp3) is 0.152. The van der Waals surface area contributed by atoms with Crippen molar-refractivity contribution in [3.8, 4) is 35.0 Å². The van der Waals surface area contributed by atoms with Crippen LogP contribution in [0.1, 0.15) is 42.4 Å². The minimum atomic E-state index is -0.199. The molecule has 4 atom stereocenters. The van der Waals surface area contributed by atoms with Crippen molar-refractivity contribution in [1.29, 1.82) is 15.8 Å². The number of benzene rings is 4. The average molecular weight is 656 g/mol. The Hall–Kier alpha value is -6.61. The summed E-state index contributed by atoms with van der Waals surface area (Å²) in [6.45, 7) is 2.30. The topological polar surface area (TPSA) is 79.5 Å². The maximum atomic E-state index is 10.6. The van der Waals surface area contributed by atoms with Crippen LogP contribution >= 0.6 is 0 Å². The van der Waals surface area contributed by atoms with Gasteiger partial charge in [-0.1, -0.05) is 98.0 Å². The van der Waals surface area contributed by atoms with Gasteiger partial charge in [0, 0.05) is 45.5 Å². The Labute approximate surface area is 297 Å². The predicted molar refractivity (Wildman–Crippen MR) is 202 cm³/mol. The second-order valence-electron chi connectivity index (χ2n) is 13.8. The lowest BCUT2D eigenvalue weighted by atomic mass is 9.80. The van der Waals surface area contributed by atoms with E-state index in [0.717, 1.165) is 56.3 Å². The third-order valence-electron chi connectivity index (χ3n) is 11.0. The normalized spacial score (nSPS) is 21.9. The van der Waals surface area contributed by atoms with Crippen LogP contribution in [0.25, 0.3) is 38.6 Å². The van der Waals surface area contributed by atoms with Crippen LogP contribution in [0.2, 0.25) is 0 Å². The van der Waals surface area contributed by atoms with Crippen molar-refractivity contribution < 1.29 is 0 Å². The lowest BCUT2D eigenvalue weighted by molar-refractivity contribution is 0.319. The Balaban J connectivity index is 1.22. The maximum Gasteiger partial charge on any atom is 0.0994 e. The summed E-state index contributed by atoms with van der Waals surface area (Å²) in [5.41, 5.74) is 11.6. The Morgan fingerprint density at radius 3 is 2.43 bits per heavy atom. The van der Waals surface area contributed by atoms with Crippen molar-refractivity contribution >= 4 is 21.8 Å². The van der Waals surface area contributed by atoms with E-state index >= 15 is 0 Å². The summed E-state index contributed by atoms with van der Waals surface area (Å²) < 4.78 is 2.27. The Morgan fingerprint density at radius 1 is 0.765 bits per heavy atom. The fourth-order valence-electron chi connectivity index (χ4n) is 8.88. The molecule has 0 spiro atoms. The summed E-state index contributed by atoms with van der Waals surface area (Å²) in [4.78, 5) is 2.50. The van der Waals surface area contributed by atoms with Crippen LogP contribution in [0.3, 0.4) is 0 Å². The fourth-order valence-corrected chi connectivity index (χ4v) is 8.88. The molecule has 0 amide bonds. The first-order chi connectivity index (χ1) is 25.1. The van der Waals surface area contributed by atoms with E-state index in [1.165, 1.54) is 11.3 Å². The van der Waals surface area contributed by atoms with Crippen LogP contribution in [0, 0.1) is 45.8 Å². The van der Waals surface area contributed by atoms with Crippen molar-refractivity contribution in [3.63, 3.8) is 0 Å². The number of rotatable bonds is 4. The van der Waals surface area contributed by atoms with Gasteiger partial charge in [0.15, 0.2) is 0 Å². The zero-order valence-corrected chi connectivity index (χ0v) is 28.2. The highest BCUT2D eigenvalue weighted by atomic mass is 15.2. The summed E-state index contributed by atoms with van der Waals surface area (Å²) in [5, 5.41) is 32.9. The number of hydrogen-bond acceptors (Lipinski definition) is 4. The van der Waals surface area contributed by atoms with E-state index in [1.807, 2.05) is 54.6 Å². The van der Waals surface area contributed by atoms with E-state index in [-0.39, 0.29) is 17.9 Å². The molecule has 5 heteroatoms. The van der Waals surface area contributed by atoms with Crippen molar-refractivity contribution in [2.24, 2.45) is 11.8 Å². The van der Waals surface area contributed by atoms with Crippen molar-refractivity contribution in [1.82, 2.24) is 9.47 Å². The highest BCUT2D eigenvalue weighted by Crippen LogP contribution is 2.50. The summed E-state index contributed by atoms with van der Waals surface area (Å²) in [5.74, 6) is 0.428. The summed E-state index contributed by atoms with van der Waals surface area (Å²) in [6.07, 6.45) is 19.2. The number of nitrogens with zero attached hydrogens (tertiary/aromatic N) is 5. The summed E-state index contributed by atoms with van der Waals surface area (Å²) in [7, 11) is 0. The number of nitriles is 3. The molecule has 1 aromatic heterocycles. The van der Waals surface area contributed by atoms with Gasteiger partial charge in [-0.05, 0) is 72.0 Å². The van der Waals surface area contributed by atoms with Gasteiger partial charge in [0.25, 0.3) is 0 Å². The maximum absolute atomic E-state index is 10.6. The van der Waals surface area contributed by atoms with Crippen LogP contribution in [0.5, 0.6) is 0 Å². The molecule has 51 heavy (non-hydrogen) atoms. The molecule has 0 radical (unpaired) electrons. The zero-order chi connectivity index (χ0) is 34.6. The highest BCUT2D eigenvalue weighted by molar-refractivity contribution is 6.10. The lowest BCUT2D eigenvalue weighted by Gasteiger charge is -2.37. The van der Waals surface area contributed by atoms with Gasteiger partial charge in [-0.2, -0.15) is 15.8 Å². The molecule has 4 aromatic carbocycles. The highest BCUT2D eigenvalue weighted by Gasteiger charge is 2.43. The minimum absolute atomic E-state index is 0.151. The molecule has 4 aliphatic rings. The molecule has 0 bridgehead atoms. The van der Waals surface area contributed by atoms with Gasteiger partial charge in [-0.15, -0.1) is 0 Å². The number of allylic oxidation sites excluding steroid dienone is 9. The van der Waals surface area contributed by atoms with Gasteiger partial charge < -0.3 is 9.47 Å². The van der Waals surface area contributed by atoms with Gasteiger partial charge in [0.2, 0.25) is 0 Å². The van der Waals surface area contributed by atoms with E-state index < -0.39 is 0 Å². The van der Waals surface area contributed by atoms with Gasteiger partial charge in [0.1, 0.15) is 0 Å². The second kappa shape index (κ2) is 12.1. The molecular weight excluding hydrogens is 623 g/mol. The summed E-state index contributed by atoms with van der Waals surface area (Å²) >= 11 is 0. The summed E-state index contributed by atoms with van der Waals surface area (Å²) in [6, 6.07) is 36.0. The minimum Gasteiger partial charge on any atom is -0.340 e. The van der Waals surface area contributed by atoms with Crippen LogP contribution in [0.15, 0.2) is 156 Å². The van der Waals surface area contributed by atoms with Crippen LogP contribution in [-0.2, 0) is 0 Å². The standard InChI is InChI=1S/C46H33N5/c1-29-10-8-16-39-36-13-3-5-17-41(36)50(46(29)39)34-23-31(27-48)22-33(25-34)45-32(28-49)11-9-15-38(45)35-12-2-6-18-42(35)51-43-19-7-4-14-37(43)40-24-30(26-47)20-21-44(40)51/h2-9,11-24,29,33,36,41H,10,25H2,1H3. The second-order valence-corrected chi connectivity index (χ2v) is 13.8. The largest absolute Gasteiger partial charge is 0.340 e. The number of para-hydroxylation sites is 2. The van der Waals surface area contributed by atoms with Crippen molar-refractivity contribution in [2.75, 3.05) is 0 Å². The van der Waals surface area contributed by atoms with Gasteiger partial charge in [0.05, 0.1) is 57.7 Å². The lowest BCUT2D eigenvalue weighted by Crippen LogP contribution is -2.35. The first-order valence-corrected chi connectivity index (χ1v) is 17.5. The van der Waals surface area contributed by atoms with E-state index in [4.69, 9.17) is 0 Å². The van der Waals surface area contributed by atoms with Crippen LogP contribution in [-0.4, -0.2) is 15.5 Å². The third kappa shape index (κ3) is 4.73. The monoisotopic (exact) mass is 655 g/mol. The molecular formula is C46H33N5. The molecule has 0 saturated heterocycles. The molecule has 0 N–H and O–H groups in total. The molecule has 1 aliphatic heterocycles. The number of aromatic nitrogens is 1. The predicted octanol–water partition coefficient (Wildman–Crippen LogP) is 10.3. The molecule has 9 rings (SSSR count). The Kier molecular flexibility index (Phi) is 7.20. The Morgan fingerprint density at radius 2 is 1.57 bits per heavy atom. The molecule has 242 valence electrons. The van der Waals surface area contributed by atoms with E-state index in [2.05, 4.69) is 114 Å². The SMILES string of the molecule is CC1CC=CC2=C1N(C1=CC(C#N)=CC(c3c(C#N)cccc3-c3ccccc3-n3c4ccccc4c4cc(C#N)ccc43)C1)C1C=CC=CC21. The average Bonchev–Trinajstić information content (AvgIpc) is 3.71. The van der Waals surface area contributed by atoms with Crippen LogP contribution in [0.4, 0.5) is 0 Å². The molecule has 4 unspecified atom stereocenters. The van der Waals surface area contributed by atoms with Gasteiger partial charge in [-0.3, -0.25) is 0 Å². The van der Waals surface area contributed by atoms with E-state index in [9.17, 15) is 15.8 Å². The molecule has 5 nitrogen and oxygen atoms in total. The first-order valence-electron chi connectivity index (χ1n) is 17.5. The molecule has 2 heterocycles. The third-order valence-corrected chi connectivity index (χ3v) is 11.0. The van der Waals surface area contributed by atoms with Crippen molar-refractivity contribution in [2.45, 2.75) is 31.7 Å².